The van der Waals surface area contributed by atoms with E-state index in [1.54, 1.807) is 0 Å². The molecule has 0 aliphatic rings. The first kappa shape index (κ1) is 16.5. The smallest absolute Gasteiger partial charge is 0.257 e. The Kier molecular flexibility index (Phi) is 7.09. The van der Waals surface area contributed by atoms with Gasteiger partial charge in [-0.05, 0) is 37.3 Å². The van der Waals surface area contributed by atoms with Crippen molar-refractivity contribution in [3.63, 3.8) is 0 Å². The summed E-state index contributed by atoms with van der Waals surface area (Å²) in [4.78, 5) is 11.7. The lowest BCUT2D eigenvalue weighted by atomic mass is 9.98. The van der Waals surface area contributed by atoms with Crippen LogP contribution in [-0.2, 0) is 4.79 Å². The van der Waals surface area contributed by atoms with Gasteiger partial charge in [0.25, 0.3) is 5.91 Å². The maximum atomic E-state index is 11.7. The van der Waals surface area contributed by atoms with Crippen LogP contribution in [0.15, 0.2) is 24.3 Å². The highest BCUT2D eigenvalue weighted by Gasteiger charge is 2.10. The van der Waals surface area contributed by atoms with Crippen molar-refractivity contribution in [2.24, 2.45) is 5.73 Å². The number of amides is 1. The fraction of sp³-hybridized carbons (Fsp3) is 0.562. The second kappa shape index (κ2) is 8.59. The van der Waals surface area contributed by atoms with E-state index in [0.717, 1.165) is 24.2 Å². The van der Waals surface area contributed by atoms with Crippen LogP contribution < -0.4 is 15.8 Å². The van der Waals surface area contributed by atoms with Gasteiger partial charge < -0.3 is 15.8 Å². The second-order valence-corrected chi connectivity index (χ2v) is 5.25. The molecule has 0 bridgehead atoms. The highest BCUT2D eigenvalue weighted by Crippen LogP contribution is 2.28. The third-order valence-corrected chi connectivity index (χ3v) is 3.34. The quantitative estimate of drug-likeness (QED) is 0.767. The Morgan fingerprint density at radius 3 is 2.70 bits per heavy atom. The maximum Gasteiger partial charge on any atom is 0.257 e. The number of para-hydroxylation sites is 1. The molecule has 112 valence electrons. The molecule has 0 saturated carbocycles. The van der Waals surface area contributed by atoms with Crippen LogP contribution in [0.1, 0.15) is 45.1 Å². The Labute approximate surface area is 121 Å². The number of nitrogens with two attached hydrogens (primary N) is 1. The van der Waals surface area contributed by atoms with Gasteiger partial charge >= 0.3 is 0 Å². The minimum atomic E-state index is -0.107. The molecule has 0 spiro atoms. The molecule has 1 amide bonds. The summed E-state index contributed by atoms with van der Waals surface area (Å²) in [5.41, 5.74) is 6.78. The van der Waals surface area contributed by atoms with E-state index in [9.17, 15) is 4.79 Å². The lowest BCUT2D eigenvalue weighted by Gasteiger charge is -2.15. The van der Waals surface area contributed by atoms with E-state index in [2.05, 4.69) is 25.2 Å². The number of rotatable bonds is 8. The number of benzene rings is 1. The molecule has 0 aliphatic heterocycles. The van der Waals surface area contributed by atoms with E-state index in [-0.39, 0.29) is 18.6 Å². The first-order valence-electron chi connectivity index (χ1n) is 7.28. The Morgan fingerprint density at radius 2 is 2.05 bits per heavy atom. The minimum Gasteiger partial charge on any atom is -0.483 e. The van der Waals surface area contributed by atoms with Crippen molar-refractivity contribution in [3.8, 4) is 5.75 Å². The molecule has 4 nitrogen and oxygen atoms in total. The van der Waals surface area contributed by atoms with Gasteiger partial charge in [-0.3, -0.25) is 4.79 Å². The monoisotopic (exact) mass is 278 g/mol. The summed E-state index contributed by atoms with van der Waals surface area (Å²) in [5.74, 6) is 1.11. The molecular weight excluding hydrogens is 252 g/mol. The van der Waals surface area contributed by atoms with Crippen LogP contribution in [-0.4, -0.2) is 25.1 Å². The highest BCUT2D eigenvalue weighted by atomic mass is 16.5. The molecule has 0 radical (unpaired) electrons. The number of carbonyl (C=O) groups excluding carboxylic acids is 1. The van der Waals surface area contributed by atoms with Gasteiger partial charge in [-0.25, -0.2) is 0 Å². The first-order chi connectivity index (χ1) is 9.54. The van der Waals surface area contributed by atoms with Crippen molar-refractivity contribution in [3.05, 3.63) is 29.8 Å². The highest BCUT2D eigenvalue weighted by molar-refractivity contribution is 5.77. The van der Waals surface area contributed by atoms with E-state index in [1.165, 1.54) is 0 Å². The molecule has 1 rings (SSSR count). The third kappa shape index (κ3) is 5.61. The lowest BCUT2D eigenvalue weighted by Crippen LogP contribution is -2.32. The van der Waals surface area contributed by atoms with Gasteiger partial charge in [0.1, 0.15) is 5.75 Å². The Hall–Kier alpha value is -1.55. The zero-order valence-electron chi connectivity index (χ0n) is 12.7. The normalized spacial score (nSPS) is 13.6. The summed E-state index contributed by atoms with van der Waals surface area (Å²) >= 11 is 0. The Morgan fingerprint density at radius 1 is 1.35 bits per heavy atom. The molecule has 4 heteroatoms. The average Bonchev–Trinajstić information content (AvgIpc) is 2.44. The maximum absolute atomic E-state index is 11.7. The Bertz CT molecular complexity index is 419. The van der Waals surface area contributed by atoms with Gasteiger partial charge in [0, 0.05) is 12.6 Å². The van der Waals surface area contributed by atoms with Gasteiger partial charge in [-0.15, -0.1) is 0 Å². The third-order valence-electron chi connectivity index (χ3n) is 3.34. The molecule has 2 unspecified atom stereocenters. The molecule has 0 saturated heterocycles. The summed E-state index contributed by atoms with van der Waals surface area (Å²) < 4.78 is 5.64. The van der Waals surface area contributed by atoms with Crippen molar-refractivity contribution in [2.75, 3.05) is 13.2 Å². The Balaban J connectivity index is 2.47. The van der Waals surface area contributed by atoms with Crippen molar-refractivity contribution < 1.29 is 9.53 Å². The van der Waals surface area contributed by atoms with Crippen molar-refractivity contribution in [1.29, 1.82) is 0 Å². The predicted octanol–water partition coefficient (Wildman–Crippen LogP) is 2.43. The van der Waals surface area contributed by atoms with E-state index >= 15 is 0 Å². The molecule has 2 atom stereocenters. The van der Waals surface area contributed by atoms with Crippen molar-refractivity contribution in [2.45, 2.75) is 45.6 Å². The number of hydrogen-bond donors (Lipinski definition) is 2. The summed E-state index contributed by atoms with van der Waals surface area (Å²) in [5, 5.41) is 2.80. The van der Waals surface area contributed by atoms with Crippen LogP contribution in [0.3, 0.4) is 0 Å². The largest absolute Gasteiger partial charge is 0.483 e. The van der Waals surface area contributed by atoms with Gasteiger partial charge in [0.2, 0.25) is 0 Å². The van der Waals surface area contributed by atoms with Gasteiger partial charge in [0.05, 0.1) is 0 Å². The average molecular weight is 278 g/mol. The fourth-order valence-electron chi connectivity index (χ4n) is 1.87. The zero-order valence-corrected chi connectivity index (χ0v) is 12.7. The standard InChI is InChI=1S/C16H26N2O2/c1-4-12(2)14-7-5-6-8-15(14)20-11-16(19)18-10-9-13(3)17/h5-8,12-13H,4,9-11,17H2,1-3H3,(H,18,19). The summed E-state index contributed by atoms with van der Waals surface area (Å²) in [6, 6.07) is 7.99. The molecule has 0 aliphatic carbocycles. The topological polar surface area (TPSA) is 64.3 Å². The summed E-state index contributed by atoms with van der Waals surface area (Å²) in [7, 11) is 0. The first-order valence-corrected chi connectivity index (χ1v) is 7.28. The van der Waals surface area contributed by atoms with Crippen LogP contribution in [0.4, 0.5) is 0 Å². The summed E-state index contributed by atoms with van der Waals surface area (Å²) in [6.07, 6.45) is 1.82. The van der Waals surface area contributed by atoms with Crippen molar-refractivity contribution >= 4 is 5.91 Å². The zero-order chi connectivity index (χ0) is 15.0. The SMILES string of the molecule is CCC(C)c1ccccc1OCC(=O)NCCC(C)N. The fourth-order valence-corrected chi connectivity index (χ4v) is 1.87. The number of carbonyl (C=O) groups is 1. The summed E-state index contributed by atoms with van der Waals surface area (Å²) in [6.45, 7) is 6.86. The predicted molar refractivity (Wildman–Crippen MR) is 81.9 cm³/mol. The van der Waals surface area contributed by atoms with Crippen LogP contribution in [0.2, 0.25) is 0 Å². The second-order valence-electron chi connectivity index (χ2n) is 5.25. The van der Waals surface area contributed by atoms with E-state index in [4.69, 9.17) is 10.5 Å². The van der Waals surface area contributed by atoms with E-state index < -0.39 is 0 Å². The van der Waals surface area contributed by atoms with Crippen LogP contribution in [0.25, 0.3) is 0 Å². The van der Waals surface area contributed by atoms with Crippen molar-refractivity contribution in [1.82, 2.24) is 5.32 Å². The number of nitrogens with one attached hydrogen (secondary N) is 1. The van der Waals surface area contributed by atoms with Crippen LogP contribution in [0.5, 0.6) is 5.75 Å². The number of ether oxygens (including phenoxy) is 1. The lowest BCUT2D eigenvalue weighted by molar-refractivity contribution is -0.123. The van der Waals surface area contributed by atoms with Crippen LogP contribution >= 0.6 is 0 Å². The van der Waals surface area contributed by atoms with Gasteiger partial charge in [0.15, 0.2) is 6.61 Å². The number of hydrogen-bond acceptors (Lipinski definition) is 3. The molecule has 0 aromatic heterocycles. The van der Waals surface area contributed by atoms with E-state index in [1.807, 2.05) is 25.1 Å². The van der Waals surface area contributed by atoms with Gasteiger partial charge in [-0.1, -0.05) is 32.0 Å². The van der Waals surface area contributed by atoms with Gasteiger partial charge in [-0.2, -0.15) is 0 Å². The molecule has 1 aromatic rings. The van der Waals surface area contributed by atoms with Crippen LogP contribution in [0, 0.1) is 0 Å². The molecule has 0 fully saturated rings. The molecule has 3 N–H and O–H groups in total. The molecular formula is C16H26N2O2. The van der Waals surface area contributed by atoms with E-state index in [0.29, 0.717) is 12.5 Å². The molecule has 1 aromatic carbocycles. The minimum absolute atomic E-state index is 0.0480. The molecule has 20 heavy (non-hydrogen) atoms. The molecule has 0 heterocycles.